The summed E-state index contributed by atoms with van der Waals surface area (Å²) in [6.07, 6.45) is 8.23. The van der Waals surface area contributed by atoms with Gasteiger partial charge in [0.25, 0.3) is 5.56 Å². The maximum Gasteiger partial charge on any atom is 0.255 e. The van der Waals surface area contributed by atoms with Crippen molar-refractivity contribution in [3.8, 4) is 5.75 Å². The summed E-state index contributed by atoms with van der Waals surface area (Å²) in [5.41, 5.74) is 6.22. The van der Waals surface area contributed by atoms with E-state index in [9.17, 15) is 9.90 Å². The second-order valence-corrected chi connectivity index (χ2v) is 5.43. The van der Waals surface area contributed by atoms with E-state index in [2.05, 4.69) is 4.98 Å². The molecule has 1 saturated carbocycles. The fourth-order valence-electron chi connectivity index (χ4n) is 2.47. The van der Waals surface area contributed by atoms with Gasteiger partial charge in [0.05, 0.1) is 0 Å². The molecule has 0 aliphatic heterocycles. The second-order valence-electron chi connectivity index (χ2n) is 5.43. The molecule has 1 aromatic carbocycles. The fourth-order valence-corrected chi connectivity index (χ4v) is 2.47. The van der Waals surface area contributed by atoms with E-state index in [-0.39, 0.29) is 11.3 Å². The summed E-state index contributed by atoms with van der Waals surface area (Å²) in [5.74, 6) is 0.220. The van der Waals surface area contributed by atoms with Crippen LogP contribution in [0.2, 0.25) is 0 Å². The molecule has 1 heterocycles. The molecule has 0 amide bonds. The lowest BCUT2D eigenvalue weighted by atomic mass is 9.97. The number of hydrogen-bond donors (Lipinski definition) is 3. The van der Waals surface area contributed by atoms with Gasteiger partial charge >= 0.3 is 0 Å². The van der Waals surface area contributed by atoms with Crippen molar-refractivity contribution >= 4 is 10.8 Å². The SMILES string of the molecule is Cc1cc2c(=O)[nH]ccc2cc1O.NC1CCCCC1. The number of pyridine rings is 1. The van der Waals surface area contributed by atoms with Gasteiger partial charge in [0.2, 0.25) is 0 Å². The lowest BCUT2D eigenvalue weighted by Crippen LogP contribution is -2.22. The average Bonchev–Trinajstić information content (AvgIpc) is 2.43. The van der Waals surface area contributed by atoms with E-state index >= 15 is 0 Å². The molecule has 4 N–H and O–H groups in total. The second kappa shape index (κ2) is 6.57. The summed E-state index contributed by atoms with van der Waals surface area (Å²) in [6, 6.07) is 5.58. The van der Waals surface area contributed by atoms with E-state index in [4.69, 9.17) is 5.73 Å². The number of phenols is 1. The number of hydrogen-bond acceptors (Lipinski definition) is 3. The lowest BCUT2D eigenvalue weighted by molar-refractivity contribution is 0.441. The van der Waals surface area contributed by atoms with Crippen LogP contribution >= 0.6 is 0 Å². The van der Waals surface area contributed by atoms with Gasteiger partial charge in [0.1, 0.15) is 5.75 Å². The third-order valence-electron chi connectivity index (χ3n) is 3.74. The maximum absolute atomic E-state index is 11.3. The Morgan fingerprint density at radius 2 is 1.95 bits per heavy atom. The maximum atomic E-state index is 11.3. The van der Waals surface area contributed by atoms with Crippen molar-refractivity contribution in [2.24, 2.45) is 5.73 Å². The monoisotopic (exact) mass is 274 g/mol. The highest BCUT2D eigenvalue weighted by Crippen LogP contribution is 2.21. The molecule has 20 heavy (non-hydrogen) atoms. The normalized spacial score (nSPS) is 15.7. The Morgan fingerprint density at radius 1 is 1.25 bits per heavy atom. The molecule has 0 atom stereocenters. The van der Waals surface area contributed by atoms with Crippen molar-refractivity contribution in [2.45, 2.75) is 45.1 Å². The molecule has 1 aliphatic carbocycles. The number of rotatable bonds is 0. The Balaban J connectivity index is 0.000000178. The number of aromatic hydroxyl groups is 1. The molecule has 2 aromatic rings. The first-order valence-electron chi connectivity index (χ1n) is 7.14. The minimum Gasteiger partial charge on any atom is -0.508 e. The standard InChI is InChI=1S/C10H9NO2.C6H13N/c1-6-4-8-7(5-9(6)12)2-3-11-10(8)13;7-6-4-2-1-3-5-6/h2-5,12H,1H3,(H,11,13);6H,1-5,7H2. The average molecular weight is 274 g/mol. The first-order valence-corrected chi connectivity index (χ1v) is 7.14. The zero-order valence-corrected chi connectivity index (χ0v) is 11.9. The molecule has 0 unspecified atom stereocenters. The Bertz CT molecular complexity index is 628. The Labute approximate surface area is 118 Å². The van der Waals surface area contributed by atoms with Gasteiger partial charge < -0.3 is 15.8 Å². The molecular weight excluding hydrogens is 252 g/mol. The van der Waals surface area contributed by atoms with Crippen LogP contribution in [0, 0.1) is 6.92 Å². The first-order chi connectivity index (χ1) is 9.58. The molecular formula is C16H22N2O2. The molecule has 0 saturated heterocycles. The quantitative estimate of drug-likeness (QED) is 0.691. The number of nitrogens with one attached hydrogen (secondary N) is 1. The molecule has 4 heteroatoms. The lowest BCUT2D eigenvalue weighted by Gasteiger charge is -2.15. The Hall–Kier alpha value is -1.81. The van der Waals surface area contributed by atoms with Crippen LogP contribution in [0.15, 0.2) is 29.2 Å². The van der Waals surface area contributed by atoms with Crippen LogP contribution < -0.4 is 11.3 Å². The first kappa shape index (κ1) is 14.6. The van der Waals surface area contributed by atoms with E-state index < -0.39 is 0 Å². The van der Waals surface area contributed by atoms with Crippen LogP contribution in [0.5, 0.6) is 5.75 Å². The summed E-state index contributed by atoms with van der Waals surface area (Å²) < 4.78 is 0. The van der Waals surface area contributed by atoms with Gasteiger partial charge in [-0.2, -0.15) is 0 Å². The van der Waals surface area contributed by atoms with Crippen molar-refractivity contribution < 1.29 is 5.11 Å². The van der Waals surface area contributed by atoms with Crippen LogP contribution in [-0.2, 0) is 0 Å². The van der Waals surface area contributed by atoms with E-state index in [0.717, 1.165) is 5.39 Å². The van der Waals surface area contributed by atoms with E-state index in [1.165, 1.54) is 32.1 Å². The van der Waals surface area contributed by atoms with Crippen molar-refractivity contribution in [3.05, 3.63) is 40.3 Å². The largest absolute Gasteiger partial charge is 0.508 e. The molecule has 1 aliphatic rings. The number of H-pyrrole nitrogens is 1. The van der Waals surface area contributed by atoms with E-state index in [1.807, 2.05) is 0 Å². The zero-order valence-electron chi connectivity index (χ0n) is 11.9. The minimum atomic E-state index is -0.124. The van der Waals surface area contributed by atoms with E-state index in [1.54, 1.807) is 31.3 Å². The molecule has 1 aromatic heterocycles. The summed E-state index contributed by atoms with van der Waals surface area (Å²) in [5, 5.41) is 10.8. The molecule has 0 spiro atoms. The van der Waals surface area contributed by atoms with Crippen LogP contribution in [0.4, 0.5) is 0 Å². The number of nitrogens with two attached hydrogens (primary N) is 1. The third kappa shape index (κ3) is 3.61. The third-order valence-corrected chi connectivity index (χ3v) is 3.74. The van der Waals surface area contributed by atoms with Gasteiger partial charge in [-0.1, -0.05) is 19.3 Å². The number of aromatic nitrogens is 1. The highest BCUT2D eigenvalue weighted by atomic mass is 16.3. The number of aryl methyl sites for hydroxylation is 1. The fraction of sp³-hybridized carbons (Fsp3) is 0.438. The van der Waals surface area contributed by atoms with Gasteiger partial charge in [-0.05, 0) is 48.9 Å². The molecule has 1 fully saturated rings. The Morgan fingerprint density at radius 3 is 2.55 bits per heavy atom. The van der Waals surface area contributed by atoms with Crippen LogP contribution in [0.3, 0.4) is 0 Å². The van der Waals surface area contributed by atoms with Crippen molar-refractivity contribution in [3.63, 3.8) is 0 Å². The smallest absolute Gasteiger partial charge is 0.255 e. The zero-order chi connectivity index (χ0) is 14.5. The minimum absolute atomic E-state index is 0.124. The topological polar surface area (TPSA) is 79.1 Å². The molecule has 4 nitrogen and oxygen atoms in total. The number of phenolic OH excluding ortho intramolecular Hbond substituents is 1. The summed E-state index contributed by atoms with van der Waals surface area (Å²) in [4.78, 5) is 13.9. The predicted octanol–water partition coefficient (Wildman–Crippen LogP) is 2.82. The van der Waals surface area contributed by atoms with E-state index in [0.29, 0.717) is 17.0 Å². The number of aromatic amines is 1. The Kier molecular flexibility index (Phi) is 4.79. The molecule has 3 rings (SSSR count). The van der Waals surface area contributed by atoms with Gasteiger partial charge in [0.15, 0.2) is 0 Å². The molecule has 0 bridgehead atoms. The van der Waals surface area contributed by atoms with Crippen molar-refractivity contribution in [2.75, 3.05) is 0 Å². The summed E-state index contributed by atoms with van der Waals surface area (Å²) >= 11 is 0. The van der Waals surface area contributed by atoms with Gasteiger partial charge in [-0.15, -0.1) is 0 Å². The van der Waals surface area contributed by atoms with Crippen LogP contribution in [-0.4, -0.2) is 16.1 Å². The highest BCUT2D eigenvalue weighted by Gasteiger charge is 2.06. The van der Waals surface area contributed by atoms with Gasteiger partial charge in [0, 0.05) is 17.6 Å². The van der Waals surface area contributed by atoms with Gasteiger partial charge in [-0.25, -0.2) is 0 Å². The van der Waals surface area contributed by atoms with Crippen LogP contribution in [0.25, 0.3) is 10.8 Å². The highest BCUT2D eigenvalue weighted by molar-refractivity contribution is 5.83. The van der Waals surface area contributed by atoms with Crippen molar-refractivity contribution in [1.82, 2.24) is 4.98 Å². The predicted molar refractivity (Wildman–Crippen MR) is 82.0 cm³/mol. The van der Waals surface area contributed by atoms with Crippen molar-refractivity contribution in [1.29, 1.82) is 0 Å². The molecule has 108 valence electrons. The molecule has 0 radical (unpaired) electrons. The summed E-state index contributed by atoms with van der Waals surface area (Å²) in [6.45, 7) is 1.77. The summed E-state index contributed by atoms with van der Waals surface area (Å²) in [7, 11) is 0. The van der Waals surface area contributed by atoms with Crippen LogP contribution in [0.1, 0.15) is 37.7 Å². The van der Waals surface area contributed by atoms with Gasteiger partial charge in [-0.3, -0.25) is 4.79 Å². The number of benzene rings is 1. The number of fused-ring (bicyclic) bond motifs is 1.